The highest BCUT2D eigenvalue weighted by Crippen LogP contribution is 2.20. The molecule has 0 aliphatic rings. The van der Waals surface area contributed by atoms with Crippen LogP contribution in [0.5, 0.6) is 0 Å². The van der Waals surface area contributed by atoms with Crippen molar-refractivity contribution in [1.82, 2.24) is 10.3 Å². The molecule has 0 bridgehead atoms. The molecule has 19 heavy (non-hydrogen) atoms. The zero-order valence-corrected chi connectivity index (χ0v) is 11.4. The maximum atomic E-state index is 11.9. The predicted molar refractivity (Wildman–Crippen MR) is 71.9 cm³/mol. The predicted octanol–water partition coefficient (Wildman–Crippen LogP) is 1.70. The molecule has 0 aliphatic heterocycles. The van der Waals surface area contributed by atoms with Gasteiger partial charge >= 0.3 is 5.82 Å². The Bertz CT molecular complexity index is 482. The molecule has 0 aromatic carbocycles. The van der Waals surface area contributed by atoms with Gasteiger partial charge in [-0.05, 0) is 49.7 Å². The van der Waals surface area contributed by atoms with Crippen LogP contribution in [0.15, 0.2) is 18.3 Å². The highest BCUT2D eigenvalue weighted by molar-refractivity contribution is 5.85. The first kappa shape index (κ1) is 14.9. The summed E-state index contributed by atoms with van der Waals surface area (Å²) in [5.74, 6) is -0.524. The van der Waals surface area contributed by atoms with Crippen molar-refractivity contribution in [3.05, 3.63) is 28.4 Å². The van der Waals surface area contributed by atoms with Gasteiger partial charge in [0.25, 0.3) is 0 Å². The summed E-state index contributed by atoms with van der Waals surface area (Å²) in [5.41, 5.74) is -0.127. The van der Waals surface area contributed by atoms with Crippen molar-refractivity contribution >= 4 is 17.4 Å². The molecule has 1 aromatic heterocycles. The van der Waals surface area contributed by atoms with Crippen LogP contribution in [0.1, 0.15) is 27.7 Å². The molecule has 0 radical (unpaired) electrons. The number of carbonyl (C=O) groups excluding carboxylic acids is 1. The minimum Gasteiger partial charge on any atom is -0.367 e. The van der Waals surface area contributed by atoms with Gasteiger partial charge in [-0.3, -0.25) is 4.79 Å². The highest BCUT2D eigenvalue weighted by atomic mass is 16.6. The van der Waals surface area contributed by atoms with Gasteiger partial charge in [0.15, 0.2) is 0 Å². The molecule has 0 fully saturated rings. The van der Waals surface area contributed by atoms with Crippen molar-refractivity contribution in [2.75, 3.05) is 5.32 Å². The number of carbonyl (C=O) groups is 1. The van der Waals surface area contributed by atoms with E-state index in [1.807, 2.05) is 20.8 Å². The standard InChI is InChI=1S/C12H18N4O3/c1-8(11(17)15-12(2,3)4)14-9-6-5-7-13-10(9)16(18)19/h5-8,14H,1-4H3,(H,15,17). The average molecular weight is 266 g/mol. The SMILES string of the molecule is CC(Nc1cccnc1[N+](=O)[O-])C(=O)NC(C)(C)C. The second-order valence-electron chi connectivity index (χ2n) is 5.24. The van der Waals surface area contributed by atoms with Crippen molar-refractivity contribution in [3.63, 3.8) is 0 Å². The largest absolute Gasteiger partial charge is 0.386 e. The number of rotatable bonds is 4. The fourth-order valence-corrected chi connectivity index (χ4v) is 1.43. The fourth-order valence-electron chi connectivity index (χ4n) is 1.43. The summed E-state index contributed by atoms with van der Waals surface area (Å²) in [6.07, 6.45) is 1.34. The van der Waals surface area contributed by atoms with E-state index in [4.69, 9.17) is 0 Å². The lowest BCUT2D eigenvalue weighted by Crippen LogP contribution is -2.47. The molecule has 104 valence electrons. The van der Waals surface area contributed by atoms with Gasteiger partial charge in [0.2, 0.25) is 5.91 Å². The Morgan fingerprint density at radius 3 is 2.63 bits per heavy atom. The summed E-state index contributed by atoms with van der Waals surface area (Å²) in [6, 6.07) is 2.50. The Morgan fingerprint density at radius 1 is 1.47 bits per heavy atom. The number of nitro groups is 1. The smallest absolute Gasteiger partial charge is 0.367 e. The lowest BCUT2D eigenvalue weighted by atomic mass is 10.1. The molecule has 1 unspecified atom stereocenters. The van der Waals surface area contributed by atoms with E-state index in [0.717, 1.165) is 0 Å². The van der Waals surface area contributed by atoms with E-state index in [9.17, 15) is 14.9 Å². The van der Waals surface area contributed by atoms with E-state index in [1.54, 1.807) is 13.0 Å². The average Bonchev–Trinajstić information content (AvgIpc) is 2.27. The molecule has 0 aliphatic carbocycles. The Morgan fingerprint density at radius 2 is 2.11 bits per heavy atom. The van der Waals surface area contributed by atoms with Crippen LogP contribution in [0.25, 0.3) is 0 Å². The van der Waals surface area contributed by atoms with E-state index >= 15 is 0 Å². The van der Waals surface area contributed by atoms with E-state index in [-0.39, 0.29) is 23.0 Å². The van der Waals surface area contributed by atoms with Crippen molar-refractivity contribution in [2.24, 2.45) is 0 Å². The van der Waals surface area contributed by atoms with Gasteiger partial charge in [-0.15, -0.1) is 0 Å². The Kier molecular flexibility index (Phi) is 4.42. The van der Waals surface area contributed by atoms with Gasteiger partial charge in [0.05, 0.1) is 0 Å². The number of aromatic nitrogens is 1. The Balaban J connectivity index is 2.80. The molecule has 1 heterocycles. The normalized spacial score (nSPS) is 12.6. The summed E-state index contributed by atoms with van der Waals surface area (Å²) in [6.45, 7) is 7.23. The Labute approximate surface area is 111 Å². The summed E-state index contributed by atoms with van der Waals surface area (Å²) in [4.78, 5) is 25.8. The van der Waals surface area contributed by atoms with Crippen LogP contribution < -0.4 is 10.6 Å². The number of nitrogens with one attached hydrogen (secondary N) is 2. The van der Waals surface area contributed by atoms with E-state index in [1.165, 1.54) is 12.3 Å². The monoisotopic (exact) mass is 266 g/mol. The van der Waals surface area contributed by atoms with E-state index in [2.05, 4.69) is 15.6 Å². The van der Waals surface area contributed by atoms with Gasteiger partial charge < -0.3 is 20.7 Å². The van der Waals surface area contributed by atoms with Crippen LogP contribution in [-0.2, 0) is 4.79 Å². The topological polar surface area (TPSA) is 97.2 Å². The summed E-state index contributed by atoms with van der Waals surface area (Å²) in [5, 5.41) is 16.4. The van der Waals surface area contributed by atoms with E-state index in [0.29, 0.717) is 0 Å². The van der Waals surface area contributed by atoms with E-state index < -0.39 is 11.0 Å². The molecule has 0 saturated carbocycles. The molecule has 1 rings (SSSR count). The second-order valence-corrected chi connectivity index (χ2v) is 5.24. The molecule has 7 heteroatoms. The molecule has 0 spiro atoms. The summed E-state index contributed by atoms with van der Waals surface area (Å²) in [7, 11) is 0. The van der Waals surface area contributed by atoms with Crippen molar-refractivity contribution in [3.8, 4) is 0 Å². The maximum absolute atomic E-state index is 11.9. The summed E-state index contributed by atoms with van der Waals surface area (Å²) >= 11 is 0. The van der Waals surface area contributed by atoms with Crippen molar-refractivity contribution in [2.45, 2.75) is 39.3 Å². The number of nitrogens with zero attached hydrogens (tertiary/aromatic N) is 2. The van der Waals surface area contributed by atoms with Crippen LogP contribution in [-0.4, -0.2) is 27.4 Å². The first-order chi connectivity index (χ1) is 8.70. The second kappa shape index (κ2) is 5.64. The first-order valence-electron chi connectivity index (χ1n) is 5.88. The van der Waals surface area contributed by atoms with Crippen molar-refractivity contribution < 1.29 is 9.72 Å². The van der Waals surface area contributed by atoms with Gasteiger partial charge in [0.1, 0.15) is 17.9 Å². The van der Waals surface area contributed by atoms with Crippen molar-refractivity contribution in [1.29, 1.82) is 0 Å². The molecule has 0 saturated heterocycles. The van der Waals surface area contributed by atoms with Gasteiger partial charge in [0, 0.05) is 5.54 Å². The number of hydrogen-bond acceptors (Lipinski definition) is 5. The van der Waals surface area contributed by atoms with Crippen LogP contribution in [0.4, 0.5) is 11.5 Å². The quantitative estimate of drug-likeness (QED) is 0.638. The molecule has 1 aromatic rings. The number of anilines is 1. The van der Waals surface area contributed by atoms with Crippen LogP contribution >= 0.6 is 0 Å². The van der Waals surface area contributed by atoms with Gasteiger partial charge in [-0.1, -0.05) is 0 Å². The van der Waals surface area contributed by atoms with Gasteiger partial charge in [-0.2, -0.15) is 0 Å². The third kappa shape index (κ3) is 4.53. The van der Waals surface area contributed by atoms with Gasteiger partial charge in [-0.25, -0.2) is 0 Å². The minimum atomic E-state index is -0.595. The van der Waals surface area contributed by atoms with Crippen LogP contribution in [0, 0.1) is 10.1 Å². The molecule has 1 atom stereocenters. The third-order valence-corrected chi connectivity index (χ3v) is 2.22. The zero-order chi connectivity index (χ0) is 14.6. The number of amides is 1. The van der Waals surface area contributed by atoms with Crippen LogP contribution in [0.3, 0.4) is 0 Å². The number of pyridine rings is 1. The summed E-state index contributed by atoms with van der Waals surface area (Å²) < 4.78 is 0. The fraction of sp³-hybridized carbons (Fsp3) is 0.500. The maximum Gasteiger partial charge on any atom is 0.386 e. The molecular formula is C12H18N4O3. The number of hydrogen-bond donors (Lipinski definition) is 2. The highest BCUT2D eigenvalue weighted by Gasteiger charge is 2.22. The van der Waals surface area contributed by atoms with Crippen LogP contribution in [0.2, 0.25) is 0 Å². The lowest BCUT2D eigenvalue weighted by Gasteiger charge is -2.23. The molecule has 7 nitrogen and oxygen atoms in total. The minimum absolute atomic E-state index is 0.226. The molecule has 1 amide bonds. The zero-order valence-electron chi connectivity index (χ0n) is 11.4. The lowest BCUT2D eigenvalue weighted by molar-refractivity contribution is -0.388. The third-order valence-electron chi connectivity index (χ3n) is 2.22. The first-order valence-corrected chi connectivity index (χ1v) is 5.88. The Hall–Kier alpha value is -2.18. The molecular weight excluding hydrogens is 248 g/mol. The molecule has 2 N–H and O–H groups in total.